The molecular formula is C17H32N2OS. The summed E-state index contributed by atoms with van der Waals surface area (Å²) in [6.45, 7) is 3.08. The Hall–Kier alpha value is -0.640. The van der Waals surface area contributed by atoms with E-state index in [4.69, 9.17) is 18.0 Å². The molecule has 1 saturated heterocycles. The van der Waals surface area contributed by atoms with Gasteiger partial charge in [-0.2, -0.15) is 0 Å². The van der Waals surface area contributed by atoms with Crippen molar-refractivity contribution in [2.45, 2.75) is 90.0 Å². The molecule has 1 amide bonds. The summed E-state index contributed by atoms with van der Waals surface area (Å²) in [4.78, 5) is 14.6. The first-order valence-corrected chi connectivity index (χ1v) is 9.16. The lowest BCUT2D eigenvalue weighted by molar-refractivity contribution is -0.131. The van der Waals surface area contributed by atoms with E-state index < -0.39 is 0 Å². The van der Waals surface area contributed by atoms with E-state index in [-0.39, 0.29) is 11.9 Å². The van der Waals surface area contributed by atoms with E-state index >= 15 is 0 Å². The number of hydrogen-bond donors (Lipinski definition) is 1. The third-order valence-corrected chi connectivity index (χ3v) is 4.67. The quantitative estimate of drug-likeness (QED) is 0.460. The van der Waals surface area contributed by atoms with E-state index in [2.05, 4.69) is 6.92 Å². The zero-order chi connectivity index (χ0) is 15.5. The molecule has 21 heavy (non-hydrogen) atoms. The molecule has 2 N–H and O–H groups in total. The maximum absolute atomic E-state index is 12.2. The summed E-state index contributed by atoms with van der Waals surface area (Å²) in [5.41, 5.74) is 5.71. The first-order chi connectivity index (χ1) is 10.2. The molecule has 0 aromatic carbocycles. The minimum atomic E-state index is 0.0195. The number of likely N-dealkylation sites (tertiary alicyclic amines) is 1. The third kappa shape index (κ3) is 7.25. The fourth-order valence-electron chi connectivity index (χ4n) is 3.09. The number of thiocarbonyl (C=S) groups is 1. The van der Waals surface area contributed by atoms with E-state index in [9.17, 15) is 4.79 Å². The molecule has 122 valence electrons. The van der Waals surface area contributed by atoms with Crippen molar-refractivity contribution in [2.75, 3.05) is 6.54 Å². The van der Waals surface area contributed by atoms with Crippen LogP contribution in [0.15, 0.2) is 0 Å². The van der Waals surface area contributed by atoms with Crippen molar-refractivity contribution >= 4 is 23.1 Å². The first-order valence-electron chi connectivity index (χ1n) is 8.75. The number of carbonyl (C=O) groups is 1. The van der Waals surface area contributed by atoms with Crippen LogP contribution in [-0.4, -0.2) is 28.4 Å². The van der Waals surface area contributed by atoms with Gasteiger partial charge in [0.1, 0.15) is 0 Å². The maximum Gasteiger partial charge on any atom is 0.223 e. The summed E-state index contributed by atoms with van der Waals surface area (Å²) in [5, 5.41) is 0. The van der Waals surface area contributed by atoms with Gasteiger partial charge < -0.3 is 10.6 Å². The first kappa shape index (κ1) is 18.4. The van der Waals surface area contributed by atoms with Gasteiger partial charge in [-0.3, -0.25) is 4.79 Å². The molecule has 0 aliphatic carbocycles. The molecule has 1 unspecified atom stereocenters. The Morgan fingerprint density at radius 1 is 1.10 bits per heavy atom. The lowest BCUT2D eigenvalue weighted by Crippen LogP contribution is -2.42. The van der Waals surface area contributed by atoms with E-state index in [0.717, 1.165) is 25.8 Å². The van der Waals surface area contributed by atoms with Crippen molar-refractivity contribution in [1.82, 2.24) is 4.90 Å². The standard InChI is InChI=1S/C17H32N2OS/c1-2-3-4-5-6-7-8-9-10-13-16(20)19-14-11-12-15(19)17(18)21/h15H,2-14H2,1H3,(H2,18,21). The number of rotatable bonds is 11. The molecule has 1 atom stereocenters. The van der Waals surface area contributed by atoms with Crippen LogP contribution in [0.3, 0.4) is 0 Å². The summed E-state index contributed by atoms with van der Waals surface area (Å²) in [7, 11) is 0. The third-order valence-electron chi connectivity index (χ3n) is 4.40. The molecule has 4 heteroatoms. The Bertz CT molecular complexity index is 320. The van der Waals surface area contributed by atoms with Gasteiger partial charge in [0.2, 0.25) is 5.91 Å². The molecule has 1 aliphatic rings. The van der Waals surface area contributed by atoms with Crippen molar-refractivity contribution < 1.29 is 4.79 Å². The van der Waals surface area contributed by atoms with Gasteiger partial charge in [-0.25, -0.2) is 0 Å². The monoisotopic (exact) mass is 312 g/mol. The van der Waals surface area contributed by atoms with Crippen molar-refractivity contribution in [3.8, 4) is 0 Å². The Kier molecular flexibility index (Phi) is 9.64. The number of hydrogen-bond acceptors (Lipinski definition) is 2. The number of unbranched alkanes of at least 4 members (excludes halogenated alkanes) is 8. The van der Waals surface area contributed by atoms with E-state index in [1.54, 1.807) is 0 Å². The second kappa shape index (κ2) is 11.0. The van der Waals surface area contributed by atoms with Gasteiger partial charge in [0, 0.05) is 13.0 Å². The van der Waals surface area contributed by atoms with Crippen LogP contribution in [0.25, 0.3) is 0 Å². The summed E-state index contributed by atoms with van der Waals surface area (Å²) in [6.07, 6.45) is 14.2. The van der Waals surface area contributed by atoms with Crippen LogP contribution in [0.1, 0.15) is 84.0 Å². The lowest BCUT2D eigenvalue weighted by atomic mass is 10.1. The number of carbonyl (C=O) groups excluding carboxylic acids is 1. The van der Waals surface area contributed by atoms with Gasteiger partial charge in [-0.1, -0.05) is 70.5 Å². The molecule has 0 spiro atoms. The number of nitrogens with two attached hydrogens (primary N) is 1. The summed E-state index contributed by atoms with van der Waals surface area (Å²) >= 11 is 5.05. The highest BCUT2D eigenvalue weighted by atomic mass is 32.1. The Labute approximate surface area is 135 Å². The number of amides is 1. The van der Waals surface area contributed by atoms with Crippen molar-refractivity contribution in [3.63, 3.8) is 0 Å². The molecule has 0 aromatic heterocycles. The SMILES string of the molecule is CCCCCCCCCCCC(=O)N1CCCC1C(N)=S. The van der Waals surface area contributed by atoms with Gasteiger partial charge in [0.05, 0.1) is 11.0 Å². The molecule has 1 rings (SSSR count). The predicted octanol–water partition coefficient (Wildman–Crippen LogP) is 4.18. The molecule has 1 fully saturated rings. The van der Waals surface area contributed by atoms with Gasteiger partial charge >= 0.3 is 0 Å². The maximum atomic E-state index is 12.2. The average molecular weight is 313 g/mol. The Morgan fingerprint density at radius 2 is 1.67 bits per heavy atom. The van der Waals surface area contributed by atoms with Crippen LogP contribution in [0.2, 0.25) is 0 Å². The summed E-state index contributed by atoms with van der Waals surface area (Å²) in [6, 6.07) is 0.0195. The van der Waals surface area contributed by atoms with E-state index in [0.29, 0.717) is 11.4 Å². The molecule has 0 saturated carbocycles. The van der Waals surface area contributed by atoms with Crippen molar-refractivity contribution in [2.24, 2.45) is 5.73 Å². The highest BCUT2D eigenvalue weighted by molar-refractivity contribution is 7.80. The highest BCUT2D eigenvalue weighted by Crippen LogP contribution is 2.19. The largest absolute Gasteiger partial charge is 0.392 e. The minimum absolute atomic E-state index is 0.0195. The summed E-state index contributed by atoms with van der Waals surface area (Å²) in [5.74, 6) is 0.244. The molecule has 1 aliphatic heterocycles. The minimum Gasteiger partial charge on any atom is -0.392 e. The van der Waals surface area contributed by atoms with E-state index in [1.807, 2.05) is 4.90 Å². The van der Waals surface area contributed by atoms with Gasteiger partial charge in [0.15, 0.2) is 0 Å². The van der Waals surface area contributed by atoms with Crippen LogP contribution in [0, 0.1) is 0 Å². The molecule has 0 aromatic rings. The van der Waals surface area contributed by atoms with E-state index in [1.165, 1.54) is 51.4 Å². The number of nitrogens with zero attached hydrogens (tertiary/aromatic N) is 1. The van der Waals surface area contributed by atoms with Gasteiger partial charge in [0.25, 0.3) is 0 Å². The van der Waals surface area contributed by atoms with Crippen LogP contribution in [-0.2, 0) is 4.79 Å². The predicted molar refractivity (Wildman–Crippen MR) is 93.4 cm³/mol. The van der Waals surface area contributed by atoms with Crippen LogP contribution >= 0.6 is 12.2 Å². The molecule has 0 bridgehead atoms. The molecule has 1 heterocycles. The topological polar surface area (TPSA) is 46.3 Å². The fraction of sp³-hybridized carbons (Fsp3) is 0.882. The fourth-order valence-corrected chi connectivity index (χ4v) is 3.34. The highest BCUT2D eigenvalue weighted by Gasteiger charge is 2.29. The summed E-state index contributed by atoms with van der Waals surface area (Å²) < 4.78 is 0. The normalized spacial score (nSPS) is 18.1. The Balaban J connectivity index is 2.02. The van der Waals surface area contributed by atoms with Crippen LogP contribution in [0.4, 0.5) is 0 Å². The van der Waals surface area contributed by atoms with Crippen LogP contribution in [0.5, 0.6) is 0 Å². The Morgan fingerprint density at radius 3 is 2.24 bits per heavy atom. The zero-order valence-corrected chi connectivity index (χ0v) is 14.4. The lowest BCUT2D eigenvalue weighted by Gasteiger charge is -2.23. The van der Waals surface area contributed by atoms with Gasteiger partial charge in [-0.05, 0) is 19.3 Å². The van der Waals surface area contributed by atoms with Crippen molar-refractivity contribution in [3.05, 3.63) is 0 Å². The second-order valence-electron chi connectivity index (χ2n) is 6.23. The second-order valence-corrected chi connectivity index (χ2v) is 6.70. The molecule has 3 nitrogen and oxygen atoms in total. The van der Waals surface area contributed by atoms with Crippen LogP contribution < -0.4 is 5.73 Å². The van der Waals surface area contributed by atoms with Gasteiger partial charge in [-0.15, -0.1) is 0 Å². The van der Waals surface area contributed by atoms with Crippen molar-refractivity contribution in [1.29, 1.82) is 0 Å². The molecular weight excluding hydrogens is 280 g/mol. The smallest absolute Gasteiger partial charge is 0.223 e. The average Bonchev–Trinajstić information content (AvgIpc) is 2.95. The zero-order valence-electron chi connectivity index (χ0n) is 13.6. The molecule has 0 radical (unpaired) electrons.